The molecule has 1 aromatic carbocycles. The summed E-state index contributed by atoms with van der Waals surface area (Å²) in [6.07, 6.45) is 5.10. The normalized spacial score (nSPS) is 29.8. The molecule has 3 fully saturated rings. The van der Waals surface area contributed by atoms with E-state index in [-0.39, 0.29) is 0 Å². The number of hydrogen-bond acceptors (Lipinski definition) is 3. The lowest BCUT2D eigenvalue weighted by molar-refractivity contribution is -0.126. The second-order valence-electron chi connectivity index (χ2n) is 8.18. The number of carbonyl (C=O) groups excluding carboxylic acids is 1. The third kappa shape index (κ3) is 4.24. The summed E-state index contributed by atoms with van der Waals surface area (Å²) in [6.45, 7) is 7.31. The molecule has 1 aliphatic heterocycles. The molecule has 0 radical (unpaired) electrons. The summed E-state index contributed by atoms with van der Waals surface area (Å²) in [5.74, 6) is 2.18. The standard InChI is InChI=1S/C21H31N3O/c25-21(20-15-18-6-7-19(20)14-18)22-8-9-23-10-12-24(13-11-23)16-17-4-2-1-3-5-17/h1-5,18-20H,6-16H2,(H,22,25). The van der Waals surface area contributed by atoms with Gasteiger partial charge < -0.3 is 5.32 Å². The average Bonchev–Trinajstić information content (AvgIpc) is 3.27. The van der Waals surface area contributed by atoms with E-state index >= 15 is 0 Å². The van der Waals surface area contributed by atoms with Gasteiger partial charge in [0.25, 0.3) is 0 Å². The van der Waals surface area contributed by atoms with Gasteiger partial charge in [0.15, 0.2) is 0 Å². The largest absolute Gasteiger partial charge is 0.355 e. The van der Waals surface area contributed by atoms with Gasteiger partial charge in [0.2, 0.25) is 5.91 Å². The molecule has 1 saturated heterocycles. The van der Waals surface area contributed by atoms with Gasteiger partial charge in [-0.3, -0.25) is 14.6 Å². The van der Waals surface area contributed by atoms with Crippen molar-refractivity contribution in [3.63, 3.8) is 0 Å². The molecule has 25 heavy (non-hydrogen) atoms. The molecule has 0 spiro atoms. The Morgan fingerprint density at radius 1 is 1.00 bits per heavy atom. The van der Waals surface area contributed by atoms with E-state index in [2.05, 4.69) is 45.4 Å². The number of hydrogen-bond donors (Lipinski definition) is 1. The second kappa shape index (κ2) is 7.88. The Kier molecular flexibility index (Phi) is 5.37. The fourth-order valence-corrected chi connectivity index (χ4v) is 5.05. The summed E-state index contributed by atoms with van der Waals surface area (Å²) >= 11 is 0. The van der Waals surface area contributed by atoms with E-state index < -0.39 is 0 Å². The van der Waals surface area contributed by atoms with E-state index in [1.54, 1.807) is 0 Å². The second-order valence-corrected chi connectivity index (χ2v) is 8.18. The summed E-state index contributed by atoms with van der Waals surface area (Å²) < 4.78 is 0. The van der Waals surface area contributed by atoms with Crippen LogP contribution in [0.3, 0.4) is 0 Å². The Labute approximate surface area is 151 Å². The van der Waals surface area contributed by atoms with Crippen molar-refractivity contribution in [3.05, 3.63) is 35.9 Å². The van der Waals surface area contributed by atoms with Crippen molar-refractivity contribution in [3.8, 4) is 0 Å². The molecule has 1 aromatic rings. The molecule has 4 heteroatoms. The summed E-state index contributed by atoms with van der Waals surface area (Å²) in [5.41, 5.74) is 1.40. The summed E-state index contributed by atoms with van der Waals surface area (Å²) in [6, 6.07) is 10.7. The molecule has 0 aromatic heterocycles. The van der Waals surface area contributed by atoms with Crippen molar-refractivity contribution in [1.29, 1.82) is 0 Å². The number of nitrogens with one attached hydrogen (secondary N) is 1. The maximum Gasteiger partial charge on any atom is 0.223 e. The van der Waals surface area contributed by atoms with Crippen LogP contribution in [0.1, 0.15) is 31.2 Å². The van der Waals surface area contributed by atoms with Crippen LogP contribution in [0.15, 0.2) is 30.3 Å². The molecule has 3 aliphatic rings. The molecule has 136 valence electrons. The third-order valence-corrected chi connectivity index (χ3v) is 6.52. The molecular weight excluding hydrogens is 310 g/mol. The van der Waals surface area contributed by atoms with Crippen molar-refractivity contribution in [1.82, 2.24) is 15.1 Å². The van der Waals surface area contributed by atoms with Crippen LogP contribution in [0.25, 0.3) is 0 Å². The van der Waals surface area contributed by atoms with E-state index in [1.807, 2.05) is 0 Å². The fraction of sp³-hybridized carbons (Fsp3) is 0.667. The van der Waals surface area contributed by atoms with Crippen molar-refractivity contribution < 1.29 is 4.79 Å². The molecule has 3 unspecified atom stereocenters. The quantitative estimate of drug-likeness (QED) is 0.863. The zero-order chi connectivity index (χ0) is 17.1. The lowest BCUT2D eigenvalue weighted by Crippen LogP contribution is -2.48. The first-order chi connectivity index (χ1) is 12.3. The summed E-state index contributed by atoms with van der Waals surface area (Å²) in [7, 11) is 0. The van der Waals surface area contributed by atoms with Crippen LogP contribution in [0, 0.1) is 17.8 Å². The SMILES string of the molecule is O=C(NCCN1CCN(Cc2ccccc2)CC1)C1CC2CCC1C2. The minimum atomic E-state index is 0.321. The fourth-order valence-electron chi connectivity index (χ4n) is 5.05. The number of benzene rings is 1. The first kappa shape index (κ1) is 17.0. The van der Waals surface area contributed by atoms with Gasteiger partial charge in [0, 0.05) is 51.7 Å². The van der Waals surface area contributed by atoms with Crippen molar-refractivity contribution >= 4 is 5.91 Å². The highest BCUT2D eigenvalue weighted by molar-refractivity contribution is 5.79. The lowest BCUT2D eigenvalue weighted by atomic mass is 9.88. The Hall–Kier alpha value is -1.39. The Balaban J connectivity index is 1.13. The zero-order valence-electron chi connectivity index (χ0n) is 15.2. The molecule has 3 atom stereocenters. The number of piperazine rings is 1. The number of amides is 1. The maximum absolute atomic E-state index is 12.4. The van der Waals surface area contributed by atoms with Gasteiger partial charge in [-0.1, -0.05) is 36.8 Å². The minimum absolute atomic E-state index is 0.321. The molecule has 2 aliphatic carbocycles. The van der Waals surface area contributed by atoms with Crippen LogP contribution in [-0.2, 0) is 11.3 Å². The van der Waals surface area contributed by atoms with Crippen molar-refractivity contribution in [2.24, 2.45) is 17.8 Å². The molecule has 1 amide bonds. The predicted octanol–water partition coefficient (Wildman–Crippen LogP) is 2.36. The topological polar surface area (TPSA) is 35.6 Å². The van der Waals surface area contributed by atoms with E-state index in [1.165, 1.54) is 24.8 Å². The van der Waals surface area contributed by atoms with E-state index in [0.29, 0.717) is 17.7 Å². The van der Waals surface area contributed by atoms with Crippen LogP contribution in [-0.4, -0.2) is 55.0 Å². The monoisotopic (exact) mass is 341 g/mol. The van der Waals surface area contributed by atoms with Crippen LogP contribution >= 0.6 is 0 Å². The first-order valence-electron chi connectivity index (χ1n) is 10.0. The van der Waals surface area contributed by atoms with Gasteiger partial charge in [-0.05, 0) is 36.7 Å². The van der Waals surface area contributed by atoms with Crippen LogP contribution in [0.5, 0.6) is 0 Å². The summed E-state index contributed by atoms with van der Waals surface area (Å²) in [4.78, 5) is 17.4. The Bertz CT molecular complexity index is 568. The smallest absolute Gasteiger partial charge is 0.223 e. The van der Waals surface area contributed by atoms with E-state index in [4.69, 9.17) is 0 Å². The highest BCUT2D eigenvalue weighted by atomic mass is 16.1. The Morgan fingerprint density at radius 3 is 2.44 bits per heavy atom. The highest BCUT2D eigenvalue weighted by Crippen LogP contribution is 2.48. The van der Waals surface area contributed by atoms with Crippen LogP contribution in [0.4, 0.5) is 0 Å². The molecule has 1 heterocycles. The molecular formula is C21H31N3O. The molecule has 2 bridgehead atoms. The third-order valence-electron chi connectivity index (χ3n) is 6.52. The van der Waals surface area contributed by atoms with Gasteiger partial charge >= 0.3 is 0 Å². The predicted molar refractivity (Wildman–Crippen MR) is 100 cm³/mol. The lowest BCUT2D eigenvalue weighted by Gasteiger charge is -2.34. The minimum Gasteiger partial charge on any atom is -0.355 e. The summed E-state index contributed by atoms with van der Waals surface area (Å²) in [5, 5.41) is 3.21. The number of rotatable bonds is 6. The van der Waals surface area contributed by atoms with Gasteiger partial charge in [-0.25, -0.2) is 0 Å². The van der Waals surface area contributed by atoms with Crippen molar-refractivity contribution in [2.45, 2.75) is 32.2 Å². The maximum atomic E-state index is 12.4. The number of nitrogens with zero attached hydrogens (tertiary/aromatic N) is 2. The molecule has 2 saturated carbocycles. The molecule has 4 rings (SSSR count). The van der Waals surface area contributed by atoms with E-state index in [9.17, 15) is 4.79 Å². The number of carbonyl (C=O) groups is 1. The zero-order valence-corrected chi connectivity index (χ0v) is 15.2. The first-order valence-corrected chi connectivity index (χ1v) is 10.0. The van der Waals surface area contributed by atoms with Crippen molar-refractivity contribution in [2.75, 3.05) is 39.3 Å². The van der Waals surface area contributed by atoms with Gasteiger partial charge in [-0.15, -0.1) is 0 Å². The average molecular weight is 341 g/mol. The van der Waals surface area contributed by atoms with Gasteiger partial charge in [0.05, 0.1) is 0 Å². The highest BCUT2D eigenvalue weighted by Gasteiger charge is 2.42. The molecule has 1 N–H and O–H groups in total. The van der Waals surface area contributed by atoms with Crippen LogP contribution in [0.2, 0.25) is 0 Å². The van der Waals surface area contributed by atoms with E-state index in [0.717, 1.165) is 58.2 Å². The number of fused-ring (bicyclic) bond motifs is 2. The Morgan fingerprint density at radius 2 is 1.76 bits per heavy atom. The van der Waals surface area contributed by atoms with Gasteiger partial charge in [-0.2, -0.15) is 0 Å². The van der Waals surface area contributed by atoms with Gasteiger partial charge in [0.1, 0.15) is 0 Å². The van der Waals surface area contributed by atoms with Crippen LogP contribution < -0.4 is 5.32 Å². The molecule has 4 nitrogen and oxygen atoms in total.